The summed E-state index contributed by atoms with van der Waals surface area (Å²) in [6, 6.07) is 20.7. The molecule has 3 aromatic carbocycles. The molecule has 162 valence electrons. The van der Waals surface area contributed by atoms with E-state index < -0.39 is 15.6 Å². The molecule has 32 heavy (non-hydrogen) atoms. The Morgan fingerprint density at radius 3 is 2.28 bits per heavy atom. The lowest BCUT2D eigenvalue weighted by molar-refractivity contribution is 0.0800. The molecule has 0 amide bonds. The van der Waals surface area contributed by atoms with Crippen molar-refractivity contribution in [3.8, 4) is 23.0 Å². The number of rotatable bonds is 4. The number of H-pyrrole nitrogens is 1. The van der Waals surface area contributed by atoms with Gasteiger partial charge in [0.15, 0.2) is 5.82 Å². The van der Waals surface area contributed by atoms with Crippen molar-refractivity contribution < 1.29 is 13.5 Å². The van der Waals surface area contributed by atoms with Gasteiger partial charge in [-0.15, -0.1) is 0 Å². The van der Waals surface area contributed by atoms with Gasteiger partial charge in [0.05, 0.1) is 22.9 Å². The van der Waals surface area contributed by atoms with Crippen LogP contribution in [0.4, 0.5) is 5.69 Å². The van der Waals surface area contributed by atoms with Crippen LogP contribution in [-0.4, -0.2) is 29.7 Å². The third-order valence-corrected chi connectivity index (χ3v) is 5.47. The average Bonchev–Trinajstić information content (AvgIpc) is 3.14. The van der Waals surface area contributed by atoms with Gasteiger partial charge in [-0.3, -0.25) is 4.72 Å². The average molecular weight is 446 g/mol. The Labute approximate surface area is 187 Å². The molecule has 0 bridgehead atoms. The summed E-state index contributed by atoms with van der Waals surface area (Å²) < 4.78 is 25.1. The van der Waals surface area contributed by atoms with E-state index in [-0.39, 0.29) is 0 Å². The highest BCUT2D eigenvalue weighted by Gasteiger charge is 2.22. The van der Waals surface area contributed by atoms with Crippen LogP contribution in [0.2, 0.25) is 0 Å². The van der Waals surface area contributed by atoms with Crippen LogP contribution in [0.3, 0.4) is 0 Å². The van der Waals surface area contributed by atoms with Gasteiger partial charge in [-0.05, 0) is 67.3 Å². The highest BCUT2D eigenvalue weighted by atomic mass is 32.2. The molecule has 7 heteroatoms. The first-order valence-electron chi connectivity index (χ1n) is 10.0. The molecule has 0 aliphatic heterocycles. The summed E-state index contributed by atoms with van der Waals surface area (Å²) in [6.45, 7) is 3.48. The molecule has 0 spiro atoms. The smallest absolute Gasteiger partial charge is 0.229 e. The zero-order valence-corrected chi connectivity index (χ0v) is 18.8. The zero-order chi connectivity index (χ0) is 22.9. The Morgan fingerprint density at radius 2 is 1.66 bits per heavy atom. The molecule has 0 unspecified atom stereocenters. The Bertz CT molecular complexity index is 1440. The van der Waals surface area contributed by atoms with Crippen molar-refractivity contribution in [2.75, 3.05) is 11.0 Å². The number of benzene rings is 3. The van der Waals surface area contributed by atoms with E-state index in [1.54, 1.807) is 38.1 Å². The van der Waals surface area contributed by atoms with E-state index in [1.165, 1.54) is 0 Å². The van der Waals surface area contributed by atoms with E-state index in [0.29, 0.717) is 22.6 Å². The lowest BCUT2D eigenvalue weighted by Crippen LogP contribution is -2.16. The maximum Gasteiger partial charge on any atom is 0.229 e. The molecular formula is C25H23N3O3S. The Balaban J connectivity index is 1.71. The molecule has 1 aromatic heterocycles. The van der Waals surface area contributed by atoms with Gasteiger partial charge < -0.3 is 10.1 Å². The minimum Gasteiger partial charge on any atom is -0.386 e. The summed E-state index contributed by atoms with van der Waals surface area (Å²) in [7, 11) is -3.32. The van der Waals surface area contributed by atoms with Gasteiger partial charge in [0.2, 0.25) is 10.0 Å². The number of hydrogen-bond acceptors (Lipinski definition) is 4. The van der Waals surface area contributed by atoms with Crippen LogP contribution in [0.15, 0.2) is 66.7 Å². The second-order valence-corrected chi connectivity index (χ2v) is 9.88. The first-order chi connectivity index (χ1) is 15.1. The first kappa shape index (κ1) is 21.6. The fraction of sp³-hybridized carbons (Fsp3) is 0.160. The first-order valence-corrected chi connectivity index (χ1v) is 11.9. The summed E-state index contributed by atoms with van der Waals surface area (Å²) in [5, 5.41) is 10.7. The SMILES string of the molecule is CC(C)(O)c1cc(-c2ccccc2)cc2[nH]c(C#Cc3ccc(NS(C)(=O)=O)cc3)nc12. The quantitative estimate of drug-likeness (QED) is 0.410. The van der Waals surface area contributed by atoms with E-state index in [9.17, 15) is 13.5 Å². The minimum atomic E-state index is -3.32. The van der Waals surface area contributed by atoms with Crippen molar-refractivity contribution in [3.05, 3.63) is 83.7 Å². The maximum absolute atomic E-state index is 11.3. The largest absolute Gasteiger partial charge is 0.386 e. The highest BCUT2D eigenvalue weighted by Crippen LogP contribution is 2.32. The van der Waals surface area contributed by atoms with E-state index in [2.05, 4.69) is 26.5 Å². The van der Waals surface area contributed by atoms with Crippen molar-refractivity contribution in [1.82, 2.24) is 9.97 Å². The van der Waals surface area contributed by atoms with Gasteiger partial charge in [0, 0.05) is 16.8 Å². The standard InChI is InChI=1S/C25H23N3O3S/c1-25(2,29)21-15-19(18-7-5-4-6-8-18)16-22-24(21)27-23(26-22)14-11-17-9-12-20(13-10-17)28-32(3,30)31/h4-10,12-13,15-16,28-29H,1-3H3,(H,26,27). The molecule has 4 rings (SSSR count). The summed E-state index contributed by atoms with van der Waals surface area (Å²) in [4.78, 5) is 7.86. The molecule has 0 fully saturated rings. The maximum atomic E-state index is 11.3. The van der Waals surface area contributed by atoms with Gasteiger partial charge in [0.1, 0.15) is 0 Å². The number of imidazole rings is 1. The van der Waals surface area contributed by atoms with Gasteiger partial charge in [0.25, 0.3) is 0 Å². The number of fused-ring (bicyclic) bond motifs is 1. The summed E-state index contributed by atoms with van der Waals surface area (Å²) in [5.41, 5.74) is 4.33. The Morgan fingerprint density at radius 1 is 0.969 bits per heavy atom. The van der Waals surface area contributed by atoms with E-state index in [0.717, 1.165) is 28.5 Å². The van der Waals surface area contributed by atoms with Crippen LogP contribution in [0.1, 0.15) is 30.8 Å². The van der Waals surface area contributed by atoms with Crippen LogP contribution >= 0.6 is 0 Å². The number of aliphatic hydroxyl groups is 1. The molecular weight excluding hydrogens is 422 g/mol. The predicted molar refractivity (Wildman–Crippen MR) is 128 cm³/mol. The fourth-order valence-corrected chi connectivity index (χ4v) is 3.97. The van der Waals surface area contributed by atoms with Crippen LogP contribution in [-0.2, 0) is 15.6 Å². The minimum absolute atomic E-state index is 0.477. The molecule has 4 aromatic rings. The summed E-state index contributed by atoms with van der Waals surface area (Å²) in [6.07, 6.45) is 1.10. The van der Waals surface area contributed by atoms with Crippen molar-refractivity contribution in [1.29, 1.82) is 0 Å². The third kappa shape index (κ3) is 4.99. The van der Waals surface area contributed by atoms with E-state index in [4.69, 9.17) is 0 Å². The number of sulfonamides is 1. The predicted octanol–water partition coefficient (Wildman–Crippen LogP) is 4.23. The molecule has 0 saturated heterocycles. The number of nitrogens with zero attached hydrogens (tertiary/aromatic N) is 1. The van der Waals surface area contributed by atoms with Crippen LogP contribution in [0, 0.1) is 11.8 Å². The molecule has 1 heterocycles. The second-order valence-electron chi connectivity index (χ2n) is 8.13. The third-order valence-electron chi connectivity index (χ3n) is 4.87. The van der Waals surface area contributed by atoms with Gasteiger partial charge >= 0.3 is 0 Å². The van der Waals surface area contributed by atoms with Gasteiger partial charge in [-0.1, -0.05) is 36.3 Å². The molecule has 0 radical (unpaired) electrons. The molecule has 6 nitrogen and oxygen atoms in total. The number of anilines is 1. The number of aromatic nitrogens is 2. The number of hydrogen-bond donors (Lipinski definition) is 3. The van der Waals surface area contributed by atoms with E-state index >= 15 is 0 Å². The lowest BCUT2D eigenvalue weighted by atomic mass is 9.93. The van der Waals surface area contributed by atoms with Crippen LogP contribution < -0.4 is 4.72 Å². The van der Waals surface area contributed by atoms with E-state index in [1.807, 2.05) is 42.5 Å². The van der Waals surface area contributed by atoms with Crippen LogP contribution in [0.25, 0.3) is 22.2 Å². The lowest BCUT2D eigenvalue weighted by Gasteiger charge is -2.19. The summed E-state index contributed by atoms with van der Waals surface area (Å²) in [5.74, 6) is 6.53. The molecule has 0 saturated carbocycles. The Kier molecular flexibility index (Phi) is 5.51. The topological polar surface area (TPSA) is 95.1 Å². The van der Waals surface area contributed by atoms with Crippen molar-refractivity contribution >= 4 is 26.7 Å². The summed E-state index contributed by atoms with van der Waals surface area (Å²) >= 11 is 0. The Hall–Kier alpha value is -3.60. The number of nitrogens with one attached hydrogen (secondary N) is 2. The molecule has 0 aliphatic carbocycles. The molecule has 3 N–H and O–H groups in total. The monoisotopic (exact) mass is 445 g/mol. The van der Waals surface area contributed by atoms with Crippen molar-refractivity contribution in [2.24, 2.45) is 0 Å². The normalized spacial score (nSPS) is 11.8. The fourth-order valence-electron chi connectivity index (χ4n) is 3.41. The van der Waals surface area contributed by atoms with Crippen molar-refractivity contribution in [3.63, 3.8) is 0 Å². The zero-order valence-electron chi connectivity index (χ0n) is 18.0. The van der Waals surface area contributed by atoms with Gasteiger partial charge in [-0.2, -0.15) is 0 Å². The van der Waals surface area contributed by atoms with Crippen molar-refractivity contribution in [2.45, 2.75) is 19.4 Å². The molecule has 0 atom stereocenters. The number of aromatic amines is 1. The molecule has 0 aliphatic rings. The van der Waals surface area contributed by atoms with Crippen LogP contribution in [0.5, 0.6) is 0 Å². The second kappa shape index (κ2) is 8.15. The highest BCUT2D eigenvalue weighted by molar-refractivity contribution is 7.92. The van der Waals surface area contributed by atoms with Gasteiger partial charge in [-0.25, -0.2) is 13.4 Å².